The first-order chi connectivity index (χ1) is 11.5. The van der Waals surface area contributed by atoms with Gasteiger partial charge in [-0.3, -0.25) is 4.79 Å². The molecule has 0 fully saturated rings. The molecule has 0 heterocycles. The Bertz CT molecular complexity index is 684. The molecule has 128 valence electrons. The Labute approximate surface area is 140 Å². The number of nitrogens with two attached hydrogens (primary N) is 1. The molecular formula is C18H21NO5. The molecule has 0 amide bonds. The number of phenols is 2. The van der Waals surface area contributed by atoms with Gasteiger partial charge in [0.15, 0.2) is 11.5 Å². The second-order valence-corrected chi connectivity index (χ2v) is 5.40. The molecule has 2 aromatic carbocycles. The van der Waals surface area contributed by atoms with E-state index in [9.17, 15) is 15.0 Å². The van der Waals surface area contributed by atoms with Crippen molar-refractivity contribution in [3.63, 3.8) is 0 Å². The molecule has 0 aliphatic rings. The Morgan fingerprint density at radius 2 is 1.75 bits per heavy atom. The normalized spacial score (nSPS) is 11.8. The lowest BCUT2D eigenvalue weighted by atomic mass is 10.1. The summed E-state index contributed by atoms with van der Waals surface area (Å²) < 4.78 is 10.3. The van der Waals surface area contributed by atoms with Gasteiger partial charge in [-0.15, -0.1) is 0 Å². The largest absolute Gasteiger partial charge is 0.504 e. The van der Waals surface area contributed by atoms with Gasteiger partial charge in [0, 0.05) is 6.42 Å². The van der Waals surface area contributed by atoms with E-state index in [1.807, 2.05) is 24.3 Å². The van der Waals surface area contributed by atoms with Crippen LogP contribution in [0.15, 0.2) is 42.5 Å². The average molecular weight is 331 g/mol. The fraction of sp³-hybridized carbons (Fsp3) is 0.278. The minimum Gasteiger partial charge on any atom is -0.504 e. The highest BCUT2D eigenvalue weighted by Crippen LogP contribution is 2.25. The van der Waals surface area contributed by atoms with E-state index < -0.39 is 12.0 Å². The Morgan fingerprint density at radius 3 is 2.38 bits per heavy atom. The van der Waals surface area contributed by atoms with Crippen molar-refractivity contribution in [1.82, 2.24) is 0 Å². The summed E-state index contributed by atoms with van der Waals surface area (Å²) in [6.07, 6.45) is 0.803. The third-order valence-corrected chi connectivity index (χ3v) is 3.59. The molecule has 6 nitrogen and oxygen atoms in total. The van der Waals surface area contributed by atoms with E-state index in [0.29, 0.717) is 12.0 Å². The lowest BCUT2D eigenvalue weighted by Gasteiger charge is -2.12. The van der Waals surface area contributed by atoms with Crippen LogP contribution in [0.25, 0.3) is 0 Å². The predicted molar refractivity (Wildman–Crippen MR) is 89.1 cm³/mol. The van der Waals surface area contributed by atoms with E-state index in [-0.39, 0.29) is 24.5 Å². The number of ether oxygens (including phenoxy) is 2. The molecule has 0 unspecified atom stereocenters. The van der Waals surface area contributed by atoms with Gasteiger partial charge in [0.2, 0.25) is 0 Å². The molecule has 0 spiro atoms. The van der Waals surface area contributed by atoms with Gasteiger partial charge in [-0.05, 0) is 41.8 Å². The molecule has 2 aromatic rings. The highest BCUT2D eigenvalue weighted by Gasteiger charge is 2.16. The molecule has 0 radical (unpaired) electrons. The highest BCUT2D eigenvalue weighted by atomic mass is 16.5. The Hall–Kier alpha value is -2.73. The zero-order chi connectivity index (χ0) is 17.5. The Kier molecular flexibility index (Phi) is 6.03. The van der Waals surface area contributed by atoms with Gasteiger partial charge in [-0.2, -0.15) is 0 Å². The maximum absolute atomic E-state index is 11.9. The molecule has 0 aliphatic carbocycles. The first kappa shape index (κ1) is 17.6. The first-order valence-corrected chi connectivity index (χ1v) is 7.55. The van der Waals surface area contributed by atoms with Gasteiger partial charge in [-0.25, -0.2) is 0 Å². The maximum atomic E-state index is 11.9. The van der Waals surface area contributed by atoms with Crippen molar-refractivity contribution in [2.75, 3.05) is 13.7 Å². The molecule has 0 aliphatic heterocycles. The molecule has 0 saturated heterocycles. The van der Waals surface area contributed by atoms with Crippen molar-refractivity contribution in [2.24, 2.45) is 5.73 Å². The smallest absolute Gasteiger partial charge is 0.323 e. The van der Waals surface area contributed by atoms with Crippen LogP contribution in [0.3, 0.4) is 0 Å². The SMILES string of the molecule is COc1ccc(CCOC(=O)[C@@H](N)Cc2ccc(O)c(O)c2)cc1. The monoisotopic (exact) mass is 331 g/mol. The summed E-state index contributed by atoms with van der Waals surface area (Å²) in [6, 6.07) is 11.0. The average Bonchev–Trinajstić information content (AvgIpc) is 2.58. The summed E-state index contributed by atoms with van der Waals surface area (Å²) in [7, 11) is 1.60. The second kappa shape index (κ2) is 8.21. The van der Waals surface area contributed by atoms with Gasteiger partial charge in [0.05, 0.1) is 13.7 Å². The number of rotatable bonds is 7. The van der Waals surface area contributed by atoms with E-state index in [4.69, 9.17) is 15.2 Å². The van der Waals surface area contributed by atoms with E-state index in [0.717, 1.165) is 11.3 Å². The standard InChI is InChI=1S/C18H21NO5/c1-23-14-5-2-12(3-6-14)8-9-24-18(22)15(19)10-13-4-7-16(20)17(21)11-13/h2-7,11,15,20-21H,8-10,19H2,1H3/t15-/m0/s1. The van der Waals surface area contributed by atoms with Crippen LogP contribution in [-0.2, 0) is 22.4 Å². The quantitative estimate of drug-likeness (QED) is 0.528. The Balaban J connectivity index is 1.79. The van der Waals surface area contributed by atoms with Crippen LogP contribution < -0.4 is 10.5 Å². The fourth-order valence-electron chi connectivity index (χ4n) is 2.20. The summed E-state index contributed by atoms with van der Waals surface area (Å²) in [5.41, 5.74) is 7.49. The van der Waals surface area contributed by atoms with Crippen LogP contribution in [-0.4, -0.2) is 35.9 Å². The third kappa shape index (κ3) is 4.89. The molecule has 0 saturated carbocycles. The summed E-state index contributed by atoms with van der Waals surface area (Å²) >= 11 is 0. The topological polar surface area (TPSA) is 102 Å². The number of methoxy groups -OCH3 is 1. The molecule has 24 heavy (non-hydrogen) atoms. The van der Waals surface area contributed by atoms with Gasteiger partial charge in [0.1, 0.15) is 11.8 Å². The zero-order valence-electron chi connectivity index (χ0n) is 13.4. The summed E-state index contributed by atoms with van der Waals surface area (Å²) in [6.45, 7) is 0.236. The van der Waals surface area contributed by atoms with E-state index in [1.54, 1.807) is 13.2 Å². The number of hydrogen-bond acceptors (Lipinski definition) is 6. The summed E-state index contributed by atoms with van der Waals surface area (Å²) in [4.78, 5) is 11.9. The lowest BCUT2D eigenvalue weighted by Crippen LogP contribution is -2.34. The minimum absolute atomic E-state index is 0.214. The summed E-state index contributed by atoms with van der Waals surface area (Å²) in [5, 5.41) is 18.7. The van der Waals surface area contributed by atoms with Crippen LogP contribution in [0.1, 0.15) is 11.1 Å². The minimum atomic E-state index is -0.829. The molecule has 6 heteroatoms. The maximum Gasteiger partial charge on any atom is 0.323 e. The number of carbonyl (C=O) groups is 1. The van der Waals surface area contributed by atoms with Crippen molar-refractivity contribution >= 4 is 5.97 Å². The fourth-order valence-corrected chi connectivity index (χ4v) is 2.20. The third-order valence-electron chi connectivity index (χ3n) is 3.59. The van der Waals surface area contributed by atoms with Gasteiger partial charge in [0.25, 0.3) is 0 Å². The number of esters is 1. The molecular weight excluding hydrogens is 310 g/mol. The van der Waals surface area contributed by atoms with Crippen LogP contribution in [0.2, 0.25) is 0 Å². The first-order valence-electron chi connectivity index (χ1n) is 7.55. The number of hydrogen-bond donors (Lipinski definition) is 3. The van der Waals surface area contributed by atoms with Crippen molar-refractivity contribution in [3.8, 4) is 17.2 Å². The van der Waals surface area contributed by atoms with E-state index >= 15 is 0 Å². The summed E-state index contributed by atoms with van der Waals surface area (Å²) in [5.74, 6) is -0.187. The number of benzene rings is 2. The van der Waals surface area contributed by atoms with E-state index in [1.165, 1.54) is 12.1 Å². The van der Waals surface area contributed by atoms with Crippen molar-refractivity contribution < 1.29 is 24.5 Å². The lowest BCUT2D eigenvalue weighted by molar-refractivity contribution is -0.145. The number of aromatic hydroxyl groups is 2. The molecule has 0 bridgehead atoms. The molecule has 0 aromatic heterocycles. The Morgan fingerprint density at radius 1 is 1.08 bits per heavy atom. The molecule has 4 N–H and O–H groups in total. The van der Waals surface area contributed by atoms with Crippen molar-refractivity contribution in [2.45, 2.75) is 18.9 Å². The zero-order valence-corrected chi connectivity index (χ0v) is 13.4. The predicted octanol–water partition coefficient (Wildman–Crippen LogP) is 1.76. The van der Waals surface area contributed by atoms with Crippen LogP contribution >= 0.6 is 0 Å². The van der Waals surface area contributed by atoms with Gasteiger partial charge < -0.3 is 25.4 Å². The molecule has 1 atom stereocenters. The number of carbonyl (C=O) groups excluding carboxylic acids is 1. The molecule has 2 rings (SSSR count). The van der Waals surface area contributed by atoms with Gasteiger partial charge in [-0.1, -0.05) is 18.2 Å². The second-order valence-electron chi connectivity index (χ2n) is 5.40. The van der Waals surface area contributed by atoms with Crippen LogP contribution in [0, 0.1) is 0 Å². The number of phenolic OH excluding ortho intramolecular Hbond substituents is 2. The van der Waals surface area contributed by atoms with E-state index in [2.05, 4.69) is 0 Å². The van der Waals surface area contributed by atoms with Crippen molar-refractivity contribution in [1.29, 1.82) is 0 Å². The highest BCUT2D eigenvalue weighted by molar-refractivity contribution is 5.76. The van der Waals surface area contributed by atoms with Gasteiger partial charge >= 0.3 is 5.97 Å². The van der Waals surface area contributed by atoms with Crippen LogP contribution in [0.4, 0.5) is 0 Å². The van der Waals surface area contributed by atoms with Crippen molar-refractivity contribution in [3.05, 3.63) is 53.6 Å². The van der Waals surface area contributed by atoms with Crippen LogP contribution in [0.5, 0.6) is 17.2 Å².